The van der Waals surface area contributed by atoms with Crippen molar-refractivity contribution >= 4 is 11.8 Å². The largest absolute Gasteiger partial charge is 0.396 e. The topological polar surface area (TPSA) is 40.5 Å². The standard InChI is InChI=1S/C15H20O2S/c1-13(8-10-17)18-12-15-7-4-6-14(11-15)5-2-3-9-16/h4,6-7,11,13,16-17H,3,8-10,12H2,1H3. The molecule has 2 nitrogen and oxygen atoms in total. The fraction of sp³-hybridized carbons (Fsp3) is 0.467. The normalized spacial score (nSPS) is 11.7. The van der Waals surface area contributed by atoms with Gasteiger partial charge < -0.3 is 10.2 Å². The third kappa shape index (κ3) is 6.11. The molecule has 0 aliphatic carbocycles. The second kappa shape index (κ2) is 9.04. The lowest BCUT2D eigenvalue weighted by Gasteiger charge is -2.09. The molecule has 0 heterocycles. The molecular weight excluding hydrogens is 244 g/mol. The molecule has 3 heteroatoms. The molecule has 0 saturated heterocycles. The van der Waals surface area contributed by atoms with Gasteiger partial charge in [-0.3, -0.25) is 0 Å². The molecule has 0 amide bonds. The Morgan fingerprint density at radius 3 is 2.83 bits per heavy atom. The van der Waals surface area contributed by atoms with E-state index in [1.807, 2.05) is 23.9 Å². The molecular formula is C15H20O2S. The molecule has 0 aliphatic heterocycles. The van der Waals surface area contributed by atoms with Crippen molar-refractivity contribution in [2.24, 2.45) is 0 Å². The third-order valence-corrected chi connectivity index (χ3v) is 3.77. The van der Waals surface area contributed by atoms with Gasteiger partial charge in [0.2, 0.25) is 0 Å². The summed E-state index contributed by atoms with van der Waals surface area (Å²) in [7, 11) is 0. The second-order valence-corrected chi connectivity index (χ2v) is 5.54. The fourth-order valence-corrected chi connectivity index (χ4v) is 2.39. The SMILES string of the molecule is CC(CCO)SCc1cccc(C#CCCO)c1. The Labute approximate surface area is 113 Å². The Balaban J connectivity index is 2.52. The minimum Gasteiger partial charge on any atom is -0.396 e. The number of hydrogen-bond acceptors (Lipinski definition) is 3. The average Bonchev–Trinajstić information content (AvgIpc) is 2.38. The maximum Gasteiger partial charge on any atom is 0.0540 e. The van der Waals surface area contributed by atoms with Gasteiger partial charge in [0.1, 0.15) is 0 Å². The van der Waals surface area contributed by atoms with Gasteiger partial charge in [0.15, 0.2) is 0 Å². The monoisotopic (exact) mass is 264 g/mol. The molecule has 1 unspecified atom stereocenters. The van der Waals surface area contributed by atoms with E-state index in [-0.39, 0.29) is 13.2 Å². The van der Waals surface area contributed by atoms with Crippen molar-refractivity contribution in [3.8, 4) is 11.8 Å². The number of benzene rings is 1. The Kier molecular flexibility index (Phi) is 7.59. The summed E-state index contributed by atoms with van der Waals surface area (Å²) in [5, 5.41) is 18.0. The van der Waals surface area contributed by atoms with Crippen LogP contribution in [-0.4, -0.2) is 28.7 Å². The van der Waals surface area contributed by atoms with Crippen molar-refractivity contribution < 1.29 is 10.2 Å². The zero-order chi connectivity index (χ0) is 13.2. The van der Waals surface area contributed by atoms with Crippen LogP contribution in [0.25, 0.3) is 0 Å². The molecule has 0 aromatic heterocycles. The van der Waals surface area contributed by atoms with E-state index in [2.05, 4.69) is 30.9 Å². The summed E-state index contributed by atoms with van der Waals surface area (Å²) in [6.45, 7) is 2.49. The quantitative estimate of drug-likeness (QED) is 0.775. The van der Waals surface area contributed by atoms with Gasteiger partial charge in [-0.1, -0.05) is 30.9 Å². The predicted molar refractivity (Wildman–Crippen MR) is 77.5 cm³/mol. The van der Waals surface area contributed by atoms with Gasteiger partial charge in [-0.05, 0) is 24.1 Å². The summed E-state index contributed by atoms with van der Waals surface area (Å²) in [6.07, 6.45) is 1.35. The van der Waals surface area contributed by atoms with Gasteiger partial charge >= 0.3 is 0 Å². The third-order valence-electron chi connectivity index (χ3n) is 2.47. The van der Waals surface area contributed by atoms with Gasteiger partial charge in [-0.25, -0.2) is 0 Å². The molecule has 18 heavy (non-hydrogen) atoms. The first-order valence-electron chi connectivity index (χ1n) is 6.17. The Morgan fingerprint density at radius 2 is 2.11 bits per heavy atom. The first-order valence-corrected chi connectivity index (χ1v) is 7.22. The molecule has 1 atom stereocenters. The minimum atomic E-state index is 0.112. The van der Waals surface area contributed by atoms with Gasteiger partial charge in [-0.2, -0.15) is 11.8 Å². The van der Waals surface area contributed by atoms with Crippen LogP contribution in [0.15, 0.2) is 24.3 Å². The van der Waals surface area contributed by atoms with Crippen LogP contribution in [0.5, 0.6) is 0 Å². The van der Waals surface area contributed by atoms with Gasteiger partial charge in [0.25, 0.3) is 0 Å². The van der Waals surface area contributed by atoms with E-state index in [1.54, 1.807) is 0 Å². The molecule has 0 bridgehead atoms. The van der Waals surface area contributed by atoms with Crippen LogP contribution in [0.4, 0.5) is 0 Å². The highest BCUT2D eigenvalue weighted by molar-refractivity contribution is 7.99. The number of rotatable bonds is 6. The number of hydrogen-bond donors (Lipinski definition) is 2. The van der Waals surface area contributed by atoms with Crippen LogP contribution in [0.1, 0.15) is 30.9 Å². The Hall–Kier alpha value is -0.950. The summed E-state index contributed by atoms with van der Waals surface area (Å²) in [4.78, 5) is 0. The number of aliphatic hydroxyl groups excluding tert-OH is 2. The maximum absolute atomic E-state index is 8.85. The van der Waals surface area contributed by atoms with E-state index in [0.717, 1.165) is 17.7 Å². The molecule has 0 fully saturated rings. The zero-order valence-electron chi connectivity index (χ0n) is 10.7. The van der Waals surface area contributed by atoms with Crippen molar-refractivity contribution in [3.63, 3.8) is 0 Å². The molecule has 1 aromatic rings. The first-order chi connectivity index (χ1) is 8.76. The van der Waals surface area contributed by atoms with Gasteiger partial charge in [-0.15, -0.1) is 0 Å². The minimum absolute atomic E-state index is 0.112. The van der Waals surface area contributed by atoms with Crippen LogP contribution in [-0.2, 0) is 5.75 Å². The smallest absolute Gasteiger partial charge is 0.0540 e. The highest BCUT2D eigenvalue weighted by Crippen LogP contribution is 2.20. The molecule has 98 valence electrons. The van der Waals surface area contributed by atoms with E-state index in [9.17, 15) is 0 Å². The van der Waals surface area contributed by atoms with Crippen molar-refractivity contribution in [3.05, 3.63) is 35.4 Å². The van der Waals surface area contributed by atoms with E-state index in [1.165, 1.54) is 5.56 Å². The summed E-state index contributed by atoms with van der Waals surface area (Å²) in [6, 6.07) is 8.17. The highest BCUT2D eigenvalue weighted by atomic mass is 32.2. The van der Waals surface area contributed by atoms with E-state index >= 15 is 0 Å². The van der Waals surface area contributed by atoms with Crippen LogP contribution in [0.3, 0.4) is 0 Å². The molecule has 2 N–H and O–H groups in total. The lowest BCUT2D eigenvalue weighted by molar-refractivity contribution is 0.289. The molecule has 0 spiro atoms. The molecule has 1 rings (SSSR count). The van der Waals surface area contributed by atoms with Crippen molar-refractivity contribution in [2.75, 3.05) is 13.2 Å². The second-order valence-electron chi connectivity index (χ2n) is 4.11. The van der Waals surface area contributed by atoms with Crippen molar-refractivity contribution in [2.45, 2.75) is 30.8 Å². The summed E-state index contributed by atoms with van der Waals surface area (Å²) >= 11 is 1.84. The molecule has 0 saturated carbocycles. The predicted octanol–water partition coefficient (Wildman–Crippen LogP) is 2.42. The van der Waals surface area contributed by atoms with Gasteiger partial charge in [0, 0.05) is 29.6 Å². The fourth-order valence-electron chi connectivity index (χ4n) is 1.46. The van der Waals surface area contributed by atoms with Crippen molar-refractivity contribution in [1.82, 2.24) is 0 Å². The zero-order valence-corrected chi connectivity index (χ0v) is 11.5. The molecule has 0 radical (unpaired) electrons. The Morgan fingerprint density at radius 1 is 1.28 bits per heavy atom. The summed E-state index contributed by atoms with van der Waals surface area (Å²) in [5.74, 6) is 6.90. The van der Waals surface area contributed by atoms with E-state index < -0.39 is 0 Å². The van der Waals surface area contributed by atoms with E-state index in [0.29, 0.717) is 11.7 Å². The van der Waals surface area contributed by atoms with Crippen LogP contribution < -0.4 is 0 Å². The highest BCUT2D eigenvalue weighted by Gasteiger charge is 2.02. The maximum atomic E-state index is 8.85. The summed E-state index contributed by atoms with van der Waals surface area (Å²) in [5.41, 5.74) is 2.25. The number of aliphatic hydroxyl groups is 2. The van der Waals surface area contributed by atoms with Crippen molar-refractivity contribution in [1.29, 1.82) is 0 Å². The van der Waals surface area contributed by atoms with Crippen LogP contribution >= 0.6 is 11.8 Å². The van der Waals surface area contributed by atoms with Gasteiger partial charge in [0.05, 0.1) is 6.61 Å². The lowest BCUT2D eigenvalue weighted by Crippen LogP contribution is -1.99. The lowest BCUT2D eigenvalue weighted by atomic mass is 10.1. The Bertz CT molecular complexity index is 406. The average molecular weight is 264 g/mol. The molecule has 0 aliphatic rings. The van der Waals surface area contributed by atoms with Crippen LogP contribution in [0.2, 0.25) is 0 Å². The number of thioether (sulfide) groups is 1. The van der Waals surface area contributed by atoms with E-state index in [4.69, 9.17) is 10.2 Å². The van der Waals surface area contributed by atoms with Crippen LogP contribution in [0, 0.1) is 11.8 Å². The summed E-state index contributed by atoms with van der Waals surface area (Å²) < 4.78 is 0. The first kappa shape index (κ1) is 15.1. The molecule has 1 aromatic carbocycles.